The Morgan fingerprint density at radius 2 is 1.93 bits per heavy atom. The first-order valence-corrected chi connectivity index (χ1v) is 9.56. The number of ether oxygens (including phenoxy) is 1. The van der Waals surface area contributed by atoms with Crippen LogP contribution in [0.2, 0.25) is 0 Å². The zero-order valence-electron chi connectivity index (χ0n) is 13.4. The number of aromatic nitrogens is 1. The molecule has 3 aromatic rings. The van der Waals surface area contributed by atoms with Crippen molar-refractivity contribution >= 4 is 44.4 Å². The number of alkyl halides is 3. The van der Waals surface area contributed by atoms with Crippen LogP contribution in [0.25, 0.3) is 10.2 Å². The molecular formula is C17H11F3N2O3S2. The van der Waals surface area contributed by atoms with Gasteiger partial charge in [0.2, 0.25) is 5.91 Å². The van der Waals surface area contributed by atoms with E-state index in [1.165, 1.54) is 47.0 Å². The van der Waals surface area contributed by atoms with Gasteiger partial charge in [-0.05, 0) is 29.8 Å². The van der Waals surface area contributed by atoms with Gasteiger partial charge >= 0.3 is 6.36 Å². The quantitative estimate of drug-likeness (QED) is 0.677. The lowest BCUT2D eigenvalue weighted by Gasteiger charge is -2.21. The summed E-state index contributed by atoms with van der Waals surface area (Å²) < 4.78 is 41.6. The van der Waals surface area contributed by atoms with E-state index in [-0.39, 0.29) is 28.5 Å². The fourth-order valence-corrected chi connectivity index (χ4v) is 4.97. The van der Waals surface area contributed by atoms with E-state index in [0.717, 1.165) is 16.9 Å². The molecule has 5 nitrogen and oxygen atoms in total. The number of anilines is 1. The summed E-state index contributed by atoms with van der Waals surface area (Å²) in [6, 6.07) is 10.4. The van der Waals surface area contributed by atoms with Crippen LogP contribution in [0.1, 0.15) is 10.9 Å². The normalized spacial score (nSPS) is 17.7. The van der Waals surface area contributed by atoms with Crippen molar-refractivity contribution in [2.75, 3.05) is 10.7 Å². The number of aromatic hydroxyl groups is 1. The Bertz CT molecular complexity index is 1000. The van der Waals surface area contributed by atoms with E-state index < -0.39 is 6.36 Å². The van der Waals surface area contributed by atoms with Gasteiger partial charge in [-0.3, -0.25) is 9.69 Å². The minimum absolute atomic E-state index is 0.122. The lowest BCUT2D eigenvalue weighted by atomic mass is 10.2. The summed E-state index contributed by atoms with van der Waals surface area (Å²) in [5.41, 5.74) is 1.31. The molecule has 1 atom stereocenters. The molecule has 10 heteroatoms. The highest BCUT2D eigenvalue weighted by Crippen LogP contribution is 2.44. The first-order chi connectivity index (χ1) is 12.8. The summed E-state index contributed by atoms with van der Waals surface area (Å²) >= 11 is 2.55. The number of carbonyl (C=O) groups excluding carboxylic acids is 1. The second-order valence-electron chi connectivity index (χ2n) is 5.69. The van der Waals surface area contributed by atoms with Gasteiger partial charge in [-0.1, -0.05) is 23.5 Å². The van der Waals surface area contributed by atoms with Crippen molar-refractivity contribution in [2.24, 2.45) is 0 Å². The second-order valence-corrected chi connectivity index (χ2v) is 7.77. The van der Waals surface area contributed by atoms with Crippen molar-refractivity contribution in [3.05, 3.63) is 48.0 Å². The number of phenols is 1. The molecule has 1 fully saturated rings. The van der Waals surface area contributed by atoms with Crippen LogP contribution in [0.4, 0.5) is 18.3 Å². The van der Waals surface area contributed by atoms with Crippen LogP contribution >= 0.6 is 23.1 Å². The Kier molecular flexibility index (Phi) is 4.39. The number of nitrogens with zero attached hydrogens (tertiary/aromatic N) is 2. The van der Waals surface area contributed by atoms with E-state index >= 15 is 0 Å². The van der Waals surface area contributed by atoms with E-state index in [0.29, 0.717) is 15.3 Å². The zero-order valence-corrected chi connectivity index (χ0v) is 15.1. The summed E-state index contributed by atoms with van der Waals surface area (Å²) in [4.78, 5) is 18.3. The maximum atomic E-state index is 12.4. The van der Waals surface area contributed by atoms with Gasteiger partial charge < -0.3 is 9.84 Å². The van der Waals surface area contributed by atoms with Crippen molar-refractivity contribution in [1.29, 1.82) is 0 Å². The molecule has 4 rings (SSSR count). The number of carbonyl (C=O) groups is 1. The number of thiazole rings is 1. The maximum Gasteiger partial charge on any atom is 0.573 e. The van der Waals surface area contributed by atoms with Crippen LogP contribution in [0.15, 0.2) is 42.5 Å². The molecule has 2 aromatic carbocycles. The largest absolute Gasteiger partial charge is 0.573 e. The second kappa shape index (κ2) is 6.61. The molecule has 0 bridgehead atoms. The van der Waals surface area contributed by atoms with Crippen molar-refractivity contribution in [3.63, 3.8) is 0 Å². The summed E-state index contributed by atoms with van der Waals surface area (Å²) in [5, 5.41) is 9.54. The molecule has 1 N–H and O–H groups in total. The van der Waals surface area contributed by atoms with E-state index in [9.17, 15) is 23.1 Å². The van der Waals surface area contributed by atoms with Crippen LogP contribution < -0.4 is 9.64 Å². The Labute approximate surface area is 159 Å². The molecule has 1 amide bonds. The fraction of sp³-hybridized carbons (Fsp3) is 0.176. The summed E-state index contributed by atoms with van der Waals surface area (Å²) in [6.07, 6.45) is -4.77. The summed E-state index contributed by atoms with van der Waals surface area (Å²) in [7, 11) is 0. The van der Waals surface area contributed by atoms with Gasteiger partial charge in [0.25, 0.3) is 0 Å². The van der Waals surface area contributed by atoms with Crippen molar-refractivity contribution < 1.29 is 27.8 Å². The predicted molar refractivity (Wildman–Crippen MR) is 97.1 cm³/mol. The molecule has 1 aliphatic heterocycles. The Morgan fingerprint density at radius 3 is 2.63 bits per heavy atom. The van der Waals surface area contributed by atoms with Crippen LogP contribution in [0.5, 0.6) is 11.5 Å². The number of amides is 1. The Morgan fingerprint density at radius 1 is 1.19 bits per heavy atom. The molecule has 1 saturated heterocycles. The van der Waals surface area contributed by atoms with Gasteiger partial charge in [-0.2, -0.15) is 0 Å². The number of thioether (sulfide) groups is 1. The SMILES string of the molecule is O=C1CSC(c2ccc(O)cc2)N1c1nc2ccc(OC(F)(F)F)cc2s1. The molecule has 2 heterocycles. The van der Waals surface area contributed by atoms with Crippen molar-refractivity contribution in [1.82, 2.24) is 4.98 Å². The minimum Gasteiger partial charge on any atom is -0.508 e. The third kappa shape index (κ3) is 3.67. The van der Waals surface area contributed by atoms with Crippen LogP contribution in [-0.4, -0.2) is 28.1 Å². The zero-order chi connectivity index (χ0) is 19.2. The average molecular weight is 412 g/mol. The fourth-order valence-electron chi connectivity index (χ4n) is 2.71. The molecule has 1 aromatic heterocycles. The van der Waals surface area contributed by atoms with E-state index in [1.807, 2.05) is 0 Å². The third-order valence-electron chi connectivity index (χ3n) is 3.83. The minimum atomic E-state index is -4.77. The Hall–Kier alpha value is -2.46. The highest BCUT2D eigenvalue weighted by Gasteiger charge is 2.36. The van der Waals surface area contributed by atoms with E-state index in [1.54, 1.807) is 12.1 Å². The average Bonchev–Trinajstić information content (AvgIpc) is 3.16. The predicted octanol–water partition coefficient (Wildman–Crippen LogP) is 4.68. The molecule has 140 valence electrons. The molecule has 27 heavy (non-hydrogen) atoms. The number of hydrogen-bond acceptors (Lipinski definition) is 6. The highest BCUT2D eigenvalue weighted by molar-refractivity contribution is 8.00. The van der Waals surface area contributed by atoms with E-state index in [2.05, 4.69) is 9.72 Å². The van der Waals surface area contributed by atoms with Crippen molar-refractivity contribution in [3.8, 4) is 11.5 Å². The number of rotatable bonds is 3. The first kappa shape index (κ1) is 17.9. The number of hydrogen-bond donors (Lipinski definition) is 1. The molecule has 1 aliphatic rings. The Balaban J connectivity index is 1.69. The number of fused-ring (bicyclic) bond motifs is 1. The lowest BCUT2D eigenvalue weighted by molar-refractivity contribution is -0.274. The summed E-state index contributed by atoms with van der Waals surface area (Å²) in [6.45, 7) is 0. The monoisotopic (exact) mass is 412 g/mol. The van der Waals surface area contributed by atoms with Crippen molar-refractivity contribution in [2.45, 2.75) is 11.7 Å². The summed E-state index contributed by atoms with van der Waals surface area (Å²) in [5.74, 6) is -0.0766. The molecule has 0 radical (unpaired) electrons. The van der Waals surface area contributed by atoms with Gasteiger partial charge in [-0.25, -0.2) is 4.98 Å². The molecule has 0 saturated carbocycles. The topological polar surface area (TPSA) is 62.7 Å². The first-order valence-electron chi connectivity index (χ1n) is 7.69. The molecule has 0 spiro atoms. The van der Waals surface area contributed by atoms with E-state index in [4.69, 9.17) is 0 Å². The standard InChI is InChI=1S/C17H11F3N2O3S2/c18-17(19,20)25-11-5-6-12-13(7-11)27-16(21-12)22-14(24)8-26-15(22)9-1-3-10(23)4-2-9/h1-7,15,23H,8H2. The smallest absolute Gasteiger partial charge is 0.508 e. The lowest BCUT2D eigenvalue weighted by Crippen LogP contribution is -2.27. The number of phenolic OH excluding ortho intramolecular Hbond substituents is 1. The van der Waals surface area contributed by atoms with Gasteiger partial charge in [0.15, 0.2) is 5.13 Å². The van der Waals surface area contributed by atoms with Gasteiger partial charge in [0, 0.05) is 6.07 Å². The molecule has 0 aliphatic carbocycles. The van der Waals surface area contributed by atoms with Crippen LogP contribution in [0, 0.1) is 0 Å². The van der Waals surface area contributed by atoms with Gasteiger partial charge in [-0.15, -0.1) is 24.9 Å². The van der Waals surface area contributed by atoms with Crippen LogP contribution in [-0.2, 0) is 4.79 Å². The van der Waals surface area contributed by atoms with Gasteiger partial charge in [0.05, 0.1) is 16.0 Å². The molecule has 1 unspecified atom stereocenters. The highest BCUT2D eigenvalue weighted by atomic mass is 32.2. The third-order valence-corrected chi connectivity index (χ3v) is 6.06. The van der Waals surface area contributed by atoms with Crippen LogP contribution in [0.3, 0.4) is 0 Å². The van der Waals surface area contributed by atoms with Gasteiger partial charge in [0.1, 0.15) is 16.9 Å². The molecular weight excluding hydrogens is 401 g/mol. The maximum absolute atomic E-state index is 12.4. The number of benzene rings is 2. The number of halogens is 3.